The summed E-state index contributed by atoms with van der Waals surface area (Å²) in [6, 6.07) is 15.7. The van der Waals surface area contributed by atoms with Crippen LogP contribution in [0, 0.1) is 6.92 Å². The quantitative estimate of drug-likeness (QED) is 0.668. The number of carbonyl (C=O) groups is 1. The molecule has 0 bridgehead atoms. The summed E-state index contributed by atoms with van der Waals surface area (Å²) >= 11 is 7.43. The minimum atomic E-state index is -0.0338. The Balaban J connectivity index is 1.47. The van der Waals surface area contributed by atoms with E-state index in [-0.39, 0.29) is 5.91 Å². The zero-order valence-corrected chi connectivity index (χ0v) is 15.9. The number of nitrogens with one attached hydrogen (secondary N) is 1. The molecule has 2 heterocycles. The summed E-state index contributed by atoms with van der Waals surface area (Å²) < 4.78 is 5.84. The van der Waals surface area contributed by atoms with E-state index in [1.807, 2.05) is 42.5 Å². The van der Waals surface area contributed by atoms with Crippen molar-refractivity contribution in [1.82, 2.24) is 5.32 Å². The van der Waals surface area contributed by atoms with Crippen LogP contribution in [0.5, 0.6) is 5.75 Å². The summed E-state index contributed by atoms with van der Waals surface area (Å²) in [6.07, 6.45) is 0.777. The fraction of sp³-hybridized carbons (Fsp3) is 0.190. The molecule has 3 nitrogen and oxygen atoms in total. The van der Waals surface area contributed by atoms with Crippen LogP contribution in [-0.2, 0) is 13.0 Å². The molecule has 0 spiro atoms. The Morgan fingerprint density at radius 2 is 2.04 bits per heavy atom. The molecule has 132 valence electrons. The van der Waals surface area contributed by atoms with Gasteiger partial charge in [0.1, 0.15) is 12.4 Å². The Morgan fingerprint density at radius 1 is 1.23 bits per heavy atom. The van der Waals surface area contributed by atoms with Gasteiger partial charge in [-0.2, -0.15) is 0 Å². The van der Waals surface area contributed by atoms with E-state index >= 15 is 0 Å². The van der Waals surface area contributed by atoms with Crippen molar-refractivity contribution in [2.75, 3.05) is 6.54 Å². The van der Waals surface area contributed by atoms with Gasteiger partial charge in [0.25, 0.3) is 5.91 Å². The lowest BCUT2D eigenvalue weighted by Crippen LogP contribution is -2.24. The van der Waals surface area contributed by atoms with Gasteiger partial charge in [-0.05, 0) is 48.7 Å². The van der Waals surface area contributed by atoms with Gasteiger partial charge in [-0.3, -0.25) is 4.79 Å². The molecule has 0 radical (unpaired) electrons. The fourth-order valence-electron chi connectivity index (χ4n) is 3.13. The number of fused-ring (bicyclic) bond motifs is 3. The molecule has 0 saturated heterocycles. The Kier molecular flexibility index (Phi) is 4.70. The lowest BCUT2D eigenvalue weighted by atomic mass is 10.0. The predicted octanol–water partition coefficient (Wildman–Crippen LogP) is 5.24. The van der Waals surface area contributed by atoms with Crippen LogP contribution in [0.2, 0.25) is 5.02 Å². The van der Waals surface area contributed by atoms with Gasteiger partial charge in [0.2, 0.25) is 0 Å². The lowest BCUT2D eigenvalue weighted by molar-refractivity contribution is 0.0958. The molecular weight excluding hydrogens is 366 g/mol. The number of thiophene rings is 1. The molecule has 1 N–H and O–H groups in total. The maximum absolute atomic E-state index is 12.5. The summed E-state index contributed by atoms with van der Waals surface area (Å²) in [4.78, 5) is 14.4. The molecule has 1 aromatic heterocycles. The topological polar surface area (TPSA) is 38.3 Å². The summed E-state index contributed by atoms with van der Waals surface area (Å²) in [5.74, 6) is 0.863. The van der Waals surface area contributed by atoms with Crippen molar-refractivity contribution < 1.29 is 9.53 Å². The molecular formula is C21H18ClNO2S. The minimum absolute atomic E-state index is 0.0338. The first-order valence-corrected chi connectivity index (χ1v) is 9.69. The molecule has 0 unspecified atom stereocenters. The first-order chi connectivity index (χ1) is 12.6. The summed E-state index contributed by atoms with van der Waals surface area (Å²) in [6.45, 7) is 3.18. The van der Waals surface area contributed by atoms with Crippen LogP contribution in [0.15, 0.2) is 48.5 Å². The van der Waals surface area contributed by atoms with E-state index in [0.717, 1.165) is 43.6 Å². The van der Waals surface area contributed by atoms with Gasteiger partial charge in [-0.25, -0.2) is 0 Å². The third-order valence-corrected chi connectivity index (χ3v) is 5.94. The number of amides is 1. The molecule has 1 aliphatic heterocycles. The van der Waals surface area contributed by atoms with Gasteiger partial charge in [0.15, 0.2) is 0 Å². The molecule has 1 amide bonds. The predicted molar refractivity (Wildman–Crippen MR) is 106 cm³/mol. The number of benzene rings is 2. The summed E-state index contributed by atoms with van der Waals surface area (Å²) in [5.41, 5.74) is 4.51. The van der Waals surface area contributed by atoms with E-state index in [0.29, 0.717) is 13.2 Å². The first-order valence-electron chi connectivity index (χ1n) is 8.50. The second-order valence-corrected chi connectivity index (χ2v) is 7.82. The maximum Gasteiger partial charge on any atom is 0.261 e. The highest BCUT2D eigenvalue weighted by molar-refractivity contribution is 7.17. The van der Waals surface area contributed by atoms with Crippen LogP contribution in [0.3, 0.4) is 0 Å². The average molecular weight is 384 g/mol. The monoisotopic (exact) mass is 383 g/mol. The Labute approximate surface area is 161 Å². The van der Waals surface area contributed by atoms with Crippen molar-refractivity contribution in [2.24, 2.45) is 0 Å². The van der Waals surface area contributed by atoms with Crippen LogP contribution in [-0.4, -0.2) is 12.5 Å². The minimum Gasteiger partial charge on any atom is -0.488 e. The van der Waals surface area contributed by atoms with Crippen LogP contribution in [0.25, 0.3) is 10.4 Å². The van der Waals surface area contributed by atoms with Crippen LogP contribution in [0.4, 0.5) is 0 Å². The molecule has 5 heteroatoms. The highest BCUT2D eigenvalue weighted by Gasteiger charge is 2.23. The molecule has 0 fully saturated rings. The van der Waals surface area contributed by atoms with Crippen LogP contribution in [0.1, 0.15) is 26.4 Å². The molecule has 26 heavy (non-hydrogen) atoms. The summed E-state index contributed by atoms with van der Waals surface area (Å²) in [5, 5.41) is 3.73. The van der Waals surface area contributed by atoms with Gasteiger partial charge in [0, 0.05) is 27.6 Å². The fourth-order valence-corrected chi connectivity index (χ4v) is 4.45. The number of hydrogen-bond acceptors (Lipinski definition) is 3. The highest BCUT2D eigenvalue weighted by Crippen LogP contribution is 2.44. The third-order valence-electron chi connectivity index (χ3n) is 4.49. The second kappa shape index (κ2) is 7.14. The van der Waals surface area contributed by atoms with Gasteiger partial charge in [-0.1, -0.05) is 35.9 Å². The van der Waals surface area contributed by atoms with E-state index in [9.17, 15) is 4.79 Å². The third kappa shape index (κ3) is 3.35. The highest BCUT2D eigenvalue weighted by atomic mass is 35.5. The number of aryl methyl sites for hydroxylation is 1. The Morgan fingerprint density at radius 3 is 2.85 bits per heavy atom. The van der Waals surface area contributed by atoms with Crippen molar-refractivity contribution in [3.05, 3.63) is 75.1 Å². The van der Waals surface area contributed by atoms with Crippen molar-refractivity contribution >= 4 is 28.8 Å². The molecule has 3 aromatic rings. The second-order valence-electron chi connectivity index (χ2n) is 6.33. The maximum atomic E-state index is 12.5. The zero-order chi connectivity index (χ0) is 18.1. The lowest BCUT2D eigenvalue weighted by Gasteiger charge is -2.19. The smallest absolute Gasteiger partial charge is 0.261 e. The Hall–Kier alpha value is -2.30. The molecule has 1 aliphatic rings. The number of rotatable bonds is 4. The van der Waals surface area contributed by atoms with E-state index < -0.39 is 0 Å². The van der Waals surface area contributed by atoms with Crippen LogP contribution >= 0.6 is 22.9 Å². The molecule has 0 atom stereocenters. The standard InChI is InChI=1S/C21H18ClNO2S/c1-13-3-2-4-17-19(13)20-15(12-25-17)11-18(26-20)21(24)23-10-9-14-5-7-16(22)8-6-14/h2-8,11H,9-10,12H2,1H3,(H,23,24). The number of carbonyl (C=O) groups excluding carboxylic acids is 1. The van der Waals surface area contributed by atoms with Gasteiger partial charge in [0.05, 0.1) is 4.88 Å². The number of halogens is 1. The van der Waals surface area contributed by atoms with Gasteiger partial charge in [-0.15, -0.1) is 11.3 Å². The normalized spacial score (nSPS) is 12.1. The average Bonchev–Trinajstić information content (AvgIpc) is 3.08. The molecule has 4 rings (SSSR count). The van der Waals surface area contributed by atoms with Gasteiger partial charge < -0.3 is 10.1 Å². The SMILES string of the molecule is Cc1cccc2c1-c1sc(C(=O)NCCc3ccc(Cl)cc3)cc1CO2. The van der Waals surface area contributed by atoms with Crippen molar-refractivity contribution in [1.29, 1.82) is 0 Å². The largest absolute Gasteiger partial charge is 0.488 e. The van der Waals surface area contributed by atoms with E-state index in [4.69, 9.17) is 16.3 Å². The van der Waals surface area contributed by atoms with Crippen LogP contribution < -0.4 is 10.1 Å². The van der Waals surface area contributed by atoms with Crippen molar-refractivity contribution in [3.8, 4) is 16.2 Å². The first kappa shape index (κ1) is 17.1. The molecule has 0 saturated carbocycles. The van der Waals surface area contributed by atoms with E-state index in [1.54, 1.807) is 0 Å². The Bertz CT molecular complexity index is 963. The van der Waals surface area contributed by atoms with Crippen molar-refractivity contribution in [2.45, 2.75) is 20.0 Å². The van der Waals surface area contributed by atoms with E-state index in [2.05, 4.69) is 18.3 Å². The molecule has 0 aliphatic carbocycles. The molecule has 2 aromatic carbocycles. The number of ether oxygens (including phenoxy) is 1. The van der Waals surface area contributed by atoms with E-state index in [1.165, 1.54) is 16.9 Å². The number of hydrogen-bond donors (Lipinski definition) is 1. The summed E-state index contributed by atoms with van der Waals surface area (Å²) in [7, 11) is 0. The van der Waals surface area contributed by atoms with Crippen molar-refractivity contribution in [3.63, 3.8) is 0 Å². The zero-order valence-electron chi connectivity index (χ0n) is 14.3. The van der Waals surface area contributed by atoms with Gasteiger partial charge >= 0.3 is 0 Å².